The molecular weight excluding hydrogens is 274 g/mol. The van der Waals surface area contributed by atoms with Gasteiger partial charge in [-0.15, -0.1) is 0 Å². The molecule has 0 atom stereocenters. The van der Waals surface area contributed by atoms with Crippen LogP contribution in [0.2, 0.25) is 0 Å². The molecule has 0 saturated heterocycles. The standard InChI is InChI=1S/C19H23NO2/c1-5-22-17-8-6-16(7-9-17)12-18(21)20-19-14(3)10-13(2)11-15(19)4/h6-11H,5,12H2,1-4H3,(H,20,21). The minimum atomic E-state index is -0.000729. The maximum atomic E-state index is 12.2. The molecule has 0 aliphatic heterocycles. The Hall–Kier alpha value is -2.29. The van der Waals surface area contributed by atoms with Crippen LogP contribution in [0.15, 0.2) is 36.4 Å². The molecule has 0 heterocycles. The van der Waals surface area contributed by atoms with Crippen molar-refractivity contribution in [1.82, 2.24) is 0 Å². The van der Waals surface area contributed by atoms with E-state index in [9.17, 15) is 4.79 Å². The summed E-state index contributed by atoms with van der Waals surface area (Å²) in [6.45, 7) is 8.70. The lowest BCUT2D eigenvalue weighted by atomic mass is 10.0. The average Bonchev–Trinajstić information content (AvgIpc) is 2.45. The number of ether oxygens (including phenoxy) is 1. The van der Waals surface area contributed by atoms with Crippen LogP contribution in [0.5, 0.6) is 5.75 Å². The largest absolute Gasteiger partial charge is 0.494 e. The van der Waals surface area contributed by atoms with Gasteiger partial charge in [0, 0.05) is 5.69 Å². The Bertz CT molecular complexity index is 637. The number of carbonyl (C=O) groups excluding carboxylic acids is 1. The zero-order chi connectivity index (χ0) is 16.1. The molecule has 1 amide bonds. The summed E-state index contributed by atoms with van der Waals surface area (Å²) in [6, 6.07) is 11.8. The third-order valence-electron chi connectivity index (χ3n) is 3.54. The van der Waals surface area contributed by atoms with E-state index in [2.05, 4.69) is 24.4 Å². The van der Waals surface area contributed by atoms with Gasteiger partial charge in [-0.25, -0.2) is 0 Å². The van der Waals surface area contributed by atoms with Crippen LogP contribution in [0.1, 0.15) is 29.2 Å². The highest BCUT2D eigenvalue weighted by Gasteiger charge is 2.09. The smallest absolute Gasteiger partial charge is 0.228 e. The number of amides is 1. The van der Waals surface area contributed by atoms with E-state index in [1.807, 2.05) is 45.0 Å². The van der Waals surface area contributed by atoms with Crippen molar-refractivity contribution in [1.29, 1.82) is 0 Å². The highest BCUT2D eigenvalue weighted by molar-refractivity contribution is 5.93. The third kappa shape index (κ3) is 4.10. The van der Waals surface area contributed by atoms with Gasteiger partial charge >= 0.3 is 0 Å². The first kappa shape index (κ1) is 16.1. The number of aryl methyl sites for hydroxylation is 3. The molecule has 0 aliphatic carbocycles. The van der Waals surface area contributed by atoms with Crippen molar-refractivity contribution in [3.8, 4) is 5.75 Å². The Morgan fingerprint density at radius 2 is 1.64 bits per heavy atom. The first-order valence-electron chi connectivity index (χ1n) is 7.59. The van der Waals surface area contributed by atoms with E-state index in [0.29, 0.717) is 13.0 Å². The van der Waals surface area contributed by atoms with Gasteiger partial charge in [-0.2, -0.15) is 0 Å². The lowest BCUT2D eigenvalue weighted by molar-refractivity contribution is -0.115. The average molecular weight is 297 g/mol. The van der Waals surface area contributed by atoms with Gasteiger partial charge in [0.15, 0.2) is 0 Å². The second kappa shape index (κ2) is 7.12. The van der Waals surface area contributed by atoms with Crippen LogP contribution in [0.3, 0.4) is 0 Å². The fourth-order valence-electron chi connectivity index (χ4n) is 2.62. The summed E-state index contributed by atoms with van der Waals surface area (Å²) in [5.41, 5.74) is 5.29. The fourth-order valence-corrected chi connectivity index (χ4v) is 2.62. The predicted octanol–water partition coefficient (Wildman–Crippen LogP) is 4.19. The summed E-state index contributed by atoms with van der Waals surface area (Å²) >= 11 is 0. The summed E-state index contributed by atoms with van der Waals surface area (Å²) in [7, 11) is 0. The molecular formula is C19H23NO2. The topological polar surface area (TPSA) is 38.3 Å². The molecule has 2 aromatic carbocycles. The second-order valence-corrected chi connectivity index (χ2v) is 5.58. The molecule has 0 fully saturated rings. The maximum Gasteiger partial charge on any atom is 0.228 e. The van der Waals surface area contributed by atoms with Crippen LogP contribution in [0, 0.1) is 20.8 Å². The first-order valence-corrected chi connectivity index (χ1v) is 7.59. The normalized spacial score (nSPS) is 10.4. The zero-order valence-corrected chi connectivity index (χ0v) is 13.7. The Balaban J connectivity index is 2.04. The molecule has 0 aromatic heterocycles. The van der Waals surface area contributed by atoms with Crippen LogP contribution < -0.4 is 10.1 Å². The Kier molecular flexibility index (Phi) is 5.21. The van der Waals surface area contributed by atoms with Crippen LogP contribution in [-0.4, -0.2) is 12.5 Å². The zero-order valence-electron chi connectivity index (χ0n) is 13.7. The molecule has 0 bridgehead atoms. The number of rotatable bonds is 5. The molecule has 116 valence electrons. The van der Waals surface area contributed by atoms with Crippen molar-refractivity contribution >= 4 is 11.6 Å². The van der Waals surface area contributed by atoms with Crippen LogP contribution in [0.25, 0.3) is 0 Å². The lowest BCUT2D eigenvalue weighted by Crippen LogP contribution is -2.16. The van der Waals surface area contributed by atoms with Gasteiger partial charge in [-0.3, -0.25) is 4.79 Å². The molecule has 0 spiro atoms. The number of hydrogen-bond acceptors (Lipinski definition) is 2. The van der Waals surface area contributed by atoms with Gasteiger partial charge in [-0.05, 0) is 56.5 Å². The molecule has 0 aliphatic rings. The molecule has 3 nitrogen and oxygen atoms in total. The minimum absolute atomic E-state index is 0.000729. The number of carbonyl (C=O) groups is 1. The van der Waals surface area contributed by atoms with Crippen LogP contribution >= 0.6 is 0 Å². The van der Waals surface area contributed by atoms with Gasteiger partial charge < -0.3 is 10.1 Å². The predicted molar refractivity (Wildman–Crippen MR) is 90.6 cm³/mol. The fraction of sp³-hybridized carbons (Fsp3) is 0.316. The van der Waals surface area contributed by atoms with Crippen LogP contribution in [-0.2, 0) is 11.2 Å². The van der Waals surface area contributed by atoms with Crippen molar-refractivity contribution in [3.05, 3.63) is 58.7 Å². The highest BCUT2D eigenvalue weighted by atomic mass is 16.5. The van der Waals surface area contributed by atoms with Gasteiger partial charge in [0.1, 0.15) is 5.75 Å². The number of hydrogen-bond donors (Lipinski definition) is 1. The highest BCUT2D eigenvalue weighted by Crippen LogP contribution is 2.22. The van der Waals surface area contributed by atoms with Crippen molar-refractivity contribution in [3.63, 3.8) is 0 Å². The molecule has 2 rings (SSSR count). The first-order chi connectivity index (χ1) is 10.5. The van der Waals surface area contributed by atoms with E-state index < -0.39 is 0 Å². The Morgan fingerprint density at radius 3 is 2.18 bits per heavy atom. The van der Waals surface area contributed by atoms with E-state index >= 15 is 0 Å². The van der Waals surface area contributed by atoms with Crippen molar-refractivity contribution in [2.24, 2.45) is 0 Å². The van der Waals surface area contributed by atoms with Crippen molar-refractivity contribution < 1.29 is 9.53 Å². The van der Waals surface area contributed by atoms with E-state index in [4.69, 9.17) is 4.74 Å². The summed E-state index contributed by atoms with van der Waals surface area (Å²) in [4.78, 5) is 12.2. The van der Waals surface area contributed by atoms with E-state index in [-0.39, 0.29) is 5.91 Å². The number of anilines is 1. The van der Waals surface area contributed by atoms with Gasteiger partial charge in [0.25, 0.3) is 0 Å². The van der Waals surface area contributed by atoms with Crippen LogP contribution in [0.4, 0.5) is 5.69 Å². The third-order valence-corrected chi connectivity index (χ3v) is 3.54. The van der Waals surface area contributed by atoms with E-state index in [1.165, 1.54) is 5.56 Å². The molecule has 3 heteroatoms. The number of nitrogens with one attached hydrogen (secondary N) is 1. The molecule has 0 radical (unpaired) electrons. The van der Waals surface area contributed by atoms with Crippen molar-refractivity contribution in [2.45, 2.75) is 34.1 Å². The summed E-state index contributed by atoms with van der Waals surface area (Å²) in [5, 5.41) is 3.02. The van der Waals surface area contributed by atoms with Gasteiger partial charge in [0.2, 0.25) is 5.91 Å². The minimum Gasteiger partial charge on any atom is -0.494 e. The Labute approximate surface area is 132 Å². The molecule has 0 unspecified atom stereocenters. The monoisotopic (exact) mass is 297 g/mol. The summed E-state index contributed by atoms with van der Waals surface area (Å²) < 4.78 is 5.40. The molecule has 1 N–H and O–H groups in total. The maximum absolute atomic E-state index is 12.2. The second-order valence-electron chi connectivity index (χ2n) is 5.58. The summed E-state index contributed by atoms with van der Waals surface area (Å²) in [5.74, 6) is 0.830. The molecule has 2 aromatic rings. The lowest BCUT2D eigenvalue weighted by Gasteiger charge is -2.13. The number of benzene rings is 2. The van der Waals surface area contributed by atoms with Gasteiger partial charge in [-0.1, -0.05) is 29.8 Å². The van der Waals surface area contributed by atoms with E-state index in [1.54, 1.807) is 0 Å². The molecule has 0 saturated carbocycles. The summed E-state index contributed by atoms with van der Waals surface area (Å²) in [6.07, 6.45) is 0.360. The van der Waals surface area contributed by atoms with Gasteiger partial charge in [0.05, 0.1) is 13.0 Å². The van der Waals surface area contributed by atoms with Crippen molar-refractivity contribution in [2.75, 3.05) is 11.9 Å². The molecule has 22 heavy (non-hydrogen) atoms. The quantitative estimate of drug-likeness (QED) is 0.898. The Morgan fingerprint density at radius 1 is 1.05 bits per heavy atom. The SMILES string of the molecule is CCOc1ccc(CC(=O)Nc2c(C)cc(C)cc2C)cc1. The van der Waals surface area contributed by atoms with E-state index in [0.717, 1.165) is 28.1 Å².